The van der Waals surface area contributed by atoms with Crippen LogP contribution in [0.2, 0.25) is 0 Å². The zero-order valence-corrected chi connectivity index (χ0v) is 46.9. The van der Waals surface area contributed by atoms with Crippen LogP contribution in [0.3, 0.4) is 0 Å². The molecule has 3 atom stereocenters. The van der Waals surface area contributed by atoms with Gasteiger partial charge in [-0.3, -0.25) is 14.4 Å². The standard InChI is InChI=1S/C62H120O6/c1-7-57(5)49-43-37-31-27-23-19-15-11-9-10-12-16-20-24-28-32-39-45-51-60(63)66-54-59(55-67-61(64)52-46-40-35-34-38-44-50-58(6)8-2)68-62(65)53-47-41-33-29-25-21-17-13-14-18-22-26-30-36-42-48-56(3)4/h56-59H,7-55H2,1-6H3/t57?,58?,59-/m0/s1. The Kier molecular flexibility index (Phi) is 52.0. The second-order valence-electron chi connectivity index (χ2n) is 22.3. The van der Waals surface area contributed by atoms with Crippen LogP contribution in [0.4, 0.5) is 0 Å². The molecule has 0 aromatic carbocycles. The summed E-state index contributed by atoms with van der Waals surface area (Å²) < 4.78 is 16.9. The van der Waals surface area contributed by atoms with Crippen LogP contribution in [0, 0.1) is 17.8 Å². The van der Waals surface area contributed by atoms with Gasteiger partial charge in [0.2, 0.25) is 0 Å². The highest BCUT2D eigenvalue weighted by molar-refractivity contribution is 5.71. The molecule has 0 aliphatic carbocycles. The van der Waals surface area contributed by atoms with E-state index < -0.39 is 6.10 Å². The topological polar surface area (TPSA) is 78.9 Å². The van der Waals surface area contributed by atoms with Crippen molar-refractivity contribution in [2.45, 2.75) is 349 Å². The lowest BCUT2D eigenvalue weighted by Crippen LogP contribution is -2.30. The monoisotopic (exact) mass is 961 g/mol. The van der Waals surface area contributed by atoms with Gasteiger partial charge in [0.1, 0.15) is 13.2 Å². The maximum absolute atomic E-state index is 12.9. The summed E-state index contributed by atoms with van der Waals surface area (Å²) in [5.74, 6) is 1.73. The van der Waals surface area contributed by atoms with Crippen LogP contribution in [-0.4, -0.2) is 37.2 Å². The average Bonchev–Trinajstić information content (AvgIpc) is 3.33. The van der Waals surface area contributed by atoms with E-state index in [0.29, 0.717) is 19.3 Å². The smallest absolute Gasteiger partial charge is 0.306 e. The first-order valence-corrected chi connectivity index (χ1v) is 30.7. The molecular weight excluding hydrogens is 841 g/mol. The second-order valence-corrected chi connectivity index (χ2v) is 22.3. The van der Waals surface area contributed by atoms with E-state index in [0.717, 1.165) is 75.5 Å². The Balaban J connectivity index is 4.20. The molecule has 68 heavy (non-hydrogen) atoms. The molecule has 2 unspecified atom stereocenters. The summed E-state index contributed by atoms with van der Waals surface area (Å²) in [6, 6.07) is 0. The minimum Gasteiger partial charge on any atom is -0.462 e. The third kappa shape index (κ3) is 52.2. The van der Waals surface area contributed by atoms with Crippen LogP contribution in [-0.2, 0) is 28.6 Å². The lowest BCUT2D eigenvalue weighted by atomic mass is 9.99. The molecule has 0 saturated heterocycles. The molecule has 0 saturated carbocycles. The van der Waals surface area contributed by atoms with Crippen molar-refractivity contribution in [3.8, 4) is 0 Å². The molecule has 6 heteroatoms. The van der Waals surface area contributed by atoms with Gasteiger partial charge in [0, 0.05) is 19.3 Å². The average molecular weight is 962 g/mol. The Morgan fingerprint density at radius 1 is 0.294 bits per heavy atom. The Labute approximate surface area is 425 Å². The van der Waals surface area contributed by atoms with Crippen LogP contribution in [0.15, 0.2) is 0 Å². The molecular formula is C62H120O6. The van der Waals surface area contributed by atoms with Crippen molar-refractivity contribution in [3.63, 3.8) is 0 Å². The van der Waals surface area contributed by atoms with E-state index in [1.165, 1.54) is 225 Å². The highest BCUT2D eigenvalue weighted by atomic mass is 16.6. The van der Waals surface area contributed by atoms with Crippen LogP contribution in [0.1, 0.15) is 343 Å². The fourth-order valence-electron chi connectivity index (χ4n) is 9.47. The summed E-state index contributed by atoms with van der Waals surface area (Å²) >= 11 is 0. The van der Waals surface area contributed by atoms with Gasteiger partial charge in [0.05, 0.1) is 0 Å². The maximum atomic E-state index is 12.9. The maximum Gasteiger partial charge on any atom is 0.306 e. The van der Waals surface area contributed by atoms with Crippen molar-refractivity contribution < 1.29 is 28.6 Å². The van der Waals surface area contributed by atoms with Gasteiger partial charge in [-0.1, -0.05) is 305 Å². The van der Waals surface area contributed by atoms with E-state index >= 15 is 0 Å². The molecule has 0 amide bonds. The van der Waals surface area contributed by atoms with Crippen LogP contribution in [0.25, 0.3) is 0 Å². The normalized spacial score (nSPS) is 12.9. The van der Waals surface area contributed by atoms with Crippen molar-refractivity contribution >= 4 is 17.9 Å². The van der Waals surface area contributed by atoms with E-state index in [-0.39, 0.29) is 31.1 Å². The van der Waals surface area contributed by atoms with Crippen molar-refractivity contribution in [2.24, 2.45) is 17.8 Å². The van der Waals surface area contributed by atoms with Gasteiger partial charge in [0.25, 0.3) is 0 Å². The Morgan fingerprint density at radius 2 is 0.515 bits per heavy atom. The fourth-order valence-corrected chi connectivity index (χ4v) is 9.47. The number of hydrogen-bond donors (Lipinski definition) is 0. The zero-order chi connectivity index (χ0) is 49.8. The summed E-state index contributed by atoms with van der Waals surface area (Å²) in [6.45, 7) is 13.8. The first-order valence-electron chi connectivity index (χ1n) is 30.7. The number of ether oxygens (including phenoxy) is 3. The third-order valence-electron chi connectivity index (χ3n) is 14.9. The first-order chi connectivity index (χ1) is 33.2. The number of carbonyl (C=O) groups excluding carboxylic acids is 3. The lowest BCUT2D eigenvalue weighted by molar-refractivity contribution is -0.167. The number of carbonyl (C=O) groups is 3. The number of rotatable bonds is 55. The predicted molar refractivity (Wildman–Crippen MR) is 293 cm³/mol. The molecule has 404 valence electrons. The molecule has 0 radical (unpaired) electrons. The van der Waals surface area contributed by atoms with E-state index in [2.05, 4.69) is 41.5 Å². The Bertz CT molecular complexity index is 1060. The predicted octanol–water partition coefficient (Wildman–Crippen LogP) is 20.3. The number of esters is 3. The van der Waals surface area contributed by atoms with Gasteiger partial charge in [-0.25, -0.2) is 0 Å². The number of unbranched alkanes of at least 4 members (excludes halogenated alkanes) is 36. The Morgan fingerprint density at radius 3 is 0.765 bits per heavy atom. The molecule has 0 N–H and O–H groups in total. The molecule has 6 nitrogen and oxygen atoms in total. The van der Waals surface area contributed by atoms with Gasteiger partial charge < -0.3 is 14.2 Å². The van der Waals surface area contributed by atoms with E-state index in [4.69, 9.17) is 14.2 Å². The highest BCUT2D eigenvalue weighted by Gasteiger charge is 2.19. The van der Waals surface area contributed by atoms with Crippen molar-refractivity contribution in [2.75, 3.05) is 13.2 Å². The Hall–Kier alpha value is -1.59. The highest BCUT2D eigenvalue weighted by Crippen LogP contribution is 2.19. The van der Waals surface area contributed by atoms with Gasteiger partial charge in [-0.2, -0.15) is 0 Å². The van der Waals surface area contributed by atoms with Crippen molar-refractivity contribution in [1.29, 1.82) is 0 Å². The minimum atomic E-state index is -0.764. The SMILES string of the molecule is CCC(C)CCCCCCCCCCCCCCCCCCCCC(=O)OC[C@@H](COC(=O)CCCCCCCCC(C)CC)OC(=O)CCCCCCCCCCCCCCCCCC(C)C. The molecule has 0 fully saturated rings. The fraction of sp³-hybridized carbons (Fsp3) is 0.952. The molecule has 0 aromatic heterocycles. The largest absolute Gasteiger partial charge is 0.462 e. The van der Waals surface area contributed by atoms with Gasteiger partial charge in [-0.05, 0) is 37.0 Å². The lowest BCUT2D eigenvalue weighted by Gasteiger charge is -2.18. The van der Waals surface area contributed by atoms with Crippen LogP contribution in [0.5, 0.6) is 0 Å². The van der Waals surface area contributed by atoms with Crippen molar-refractivity contribution in [3.05, 3.63) is 0 Å². The molecule has 0 aromatic rings. The summed E-state index contributed by atoms with van der Waals surface area (Å²) in [6.07, 6.45) is 56.7. The molecule has 0 bridgehead atoms. The molecule has 0 heterocycles. The summed E-state index contributed by atoms with van der Waals surface area (Å²) in [4.78, 5) is 38.2. The molecule has 0 aliphatic rings. The van der Waals surface area contributed by atoms with Crippen LogP contribution >= 0.6 is 0 Å². The third-order valence-corrected chi connectivity index (χ3v) is 14.9. The molecule has 0 aliphatic heterocycles. The van der Waals surface area contributed by atoms with Crippen LogP contribution < -0.4 is 0 Å². The first kappa shape index (κ1) is 66.4. The quantitative estimate of drug-likeness (QED) is 0.0343. The summed E-state index contributed by atoms with van der Waals surface area (Å²) in [7, 11) is 0. The minimum absolute atomic E-state index is 0.0638. The van der Waals surface area contributed by atoms with E-state index in [1.807, 2.05) is 0 Å². The summed E-state index contributed by atoms with van der Waals surface area (Å²) in [5, 5.41) is 0. The summed E-state index contributed by atoms with van der Waals surface area (Å²) in [5.41, 5.74) is 0. The second kappa shape index (κ2) is 53.2. The van der Waals surface area contributed by atoms with E-state index in [1.54, 1.807) is 0 Å². The van der Waals surface area contributed by atoms with Gasteiger partial charge in [-0.15, -0.1) is 0 Å². The molecule has 0 rings (SSSR count). The molecule has 0 spiro atoms. The number of hydrogen-bond acceptors (Lipinski definition) is 6. The van der Waals surface area contributed by atoms with Gasteiger partial charge in [0.15, 0.2) is 6.10 Å². The van der Waals surface area contributed by atoms with Gasteiger partial charge >= 0.3 is 17.9 Å². The zero-order valence-electron chi connectivity index (χ0n) is 46.9. The van der Waals surface area contributed by atoms with Crippen molar-refractivity contribution in [1.82, 2.24) is 0 Å². The van der Waals surface area contributed by atoms with E-state index in [9.17, 15) is 14.4 Å².